The minimum Gasteiger partial charge on any atom is -0.375 e. The van der Waals surface area contributed by atoms with Crippen LogP contribution < -0.4 is 11.1 Å². The highest BCUT2D eigenvalue weighted by Crippen LogP contribution is 2.22. The first-order valence-corrected chi connectivity index (χ1v) is 5.63. The quantitative estimate of drug-likeness (QED) is 0.865. The number of hydrogen-bond acceptors (Lipinski definition) is 4. The largest absolute Gasteiger partial charge is 0.375 e. The molecule has 3 N–H and O–H groups in total. The van der Waals surface area contributed by atoms with Crippen LogP contribution >= 0.6 is 22.9 Å². The molecule has 2 rings (SSSR count). The summed E-state index contributed by atoms with van der Waals surface area (Å²) in [5.41, 5.74) is 6.01. The number of amides is 1. The molecular weight excluding hydrogens is 246 g/mol. The summed E-state index contributed by atoms with van der Waals surface area (Å²) < 4.78 is 0. The van der Waals surface area contributed by atoms with E-state index in [4.69, 9.17) is 17.3 Å². The topological polar surface area (TPSA) is 68.0 Å². The molecule has 82 valence electrons. The number of aromatic nitrogens is 1. The summed E-state index contributed by atoms with van der Waals surface area (Å²) in [6.45, 7) is 0. The fourth-order valence-electron chi connectivity index (χ4n) is 1.14. The lowest BCUT2D eigenvalue weighted by atomic mass is 10.3. The first-order chi connectivity index (χ1) is 7.66. The lowest BCUT2D eigenvalue weighted by molar-refractivity contribution is 0.103. The number of rotatable bonds is 2. The molecule has 0 aliphatic heterocycles. The van der Waals surface area contributed by atoms with Gasteiger partial charge in [-0.3, -0.25) is 4.79 Å². The maximum Gasteiger partial charge on any atom is 0.267 e. The van der Waals surface area contributed by atoms with Crippen LogP contribution in [-0.2, 0) is 0 Å². The molecule has 1 heterocycles. The van der Waals surface area contributed by atoms with Gasteiger partial charge in [0.15, 0.2) is 5.13 Å². The predicted molar refractivity (Wildman–Crippen MR) is 65.9 cm³/mol. The van der Waals surface area contributed by atoms with Crippen LogP contribution in [0, 0.1) is 0 Å². The number of halogens is 1. The Kier molecular flexibility index (Phi) is 3.07. The Morgan fingerprint density at radius 1 is 1.44 bits per heavy atom. The van der Waals surface area contributed by atoms with Crippen molar-refractivity contribution >= 4 is 39.7 Å². The lowest BCUT2D eigenvalue weighted by Crippen LogP contribution is -2.10. The molecule has 0 fully saturated rings. The maximum atomic E-state index is 11.7. The number of carbonyl (C=O) groups is 1. The van der Waals surface area contributed by atoms with Gasteiger partial charge in [-0.15, -0.1) is 0 Å². The molecule has 1 aromatic carbocycles. The van der Waals surface area contributed by atoms with E-state index in [2.05, 4.69) is 10.3 Å². The number of nitrogens with zero attached hydrogens (tertiary/aromatic N) is 1. The average Bonchev–Trinajstić information content (AvgIpc) is 2.68. The Bertz CT molecular complexity index is 526. The summed E-state index contributed by atoms with van der Waals surface area (Å²) in [5, 5.41) is 3.54. The number of benzene rings is 1. The van der Waals surface area contributed by atoms with Crippen LogP contribution in [0.5, 0.6) is 0 Å². The van der Waals surface area contributed by atoms with E-state index in [0.29, 0.717) is 20.7 Å². The molecule has 0 aliphatic carbocycles. The van der Waals surface area contributed by atoms with Crippen LogP contribution in [0.1, 0.15) is 9.67 Å². The molecule has 0 aliphatic rings. The van der Waals surface area contributed by atoms with Gasteiger partial charge in [-0.1, -0.05) is 35.1 Å². The molecule has 0 atom stereocenters. The summed E-state index contributed by atoms with van der Waals surface area (Å²) in [5.74, 6) is -0.262. The third kappa shape index (κ3) is 2.32. The predicted octanol–water partition coefficient (Wildman–Crippen LogP) is 2.63. The Hall–Kier alpha value is -1.59. The van der Waals surface area contributed by atoms with Gasteiger partial charge in [-0.05, 0) is 12.1 Å². The van der Waals surface area contributed by atoms with Crippen molar-refractivity contribution in [1.29, 1.82) is 0 Å². The summed E-state index contributed by atoms with van der Waals surface area (Å²) >= 11 is 7.04. The monoisotopic (exact) mass is 253 g/mol. The van der Waals surface area contributed by atoms with E-state index >= 15 is 0 Å². The van der Waals surface area contributed by atoms with Crippen LogP contribution in [0.25, 0.3) is 0 Å². The first kappa shape index (κ1) is 10.9. The molecule has 6 heteroatoms. The highest BCUT2D eigenvalue weighted by molar-refractivity contribution is 7.17. The van der Waals surface area contributed by atoms with Crippen molar-refractivity contribution in [2.24, 2.45) is 0 Å². The fraction of sp³-hybridized carbons (Fsp3) is 0. The zero-order valence-electron chi connectivity index (χ0n) is 8.11. The number of para-hydroxylation sites is 1. The van der Waals surface area contributed by atoms with Gasteiger partial charge in [0.25, 0.3) is 5.91 Å². The van der Waals surface area contributed by atoms with Crippen molar-refractivity contribution in [3.63, 3.8) is 0 Å². The minimum absolute atomic E-state index is 0.262. The fourth-order valence-corrected chi connectivity index (χ4v) is 1.90. The second kappa shape index (κ2) is 4.51. The number of anilines is 2. The number of carbonyl (C=O) groups excluding carboxylic acids is 1. The van der Waals surface area contributed by atoms with Gasteiger partial charge < -0.3 is 11.1 Å². The molecular formula is C10H8ClN3OS. The van der Waals surface area contributed by atoms with E-state index in [1.54, 1.807) is 24.3 Å². The minimum atomic E-state index is -0.262. The van der Waals surface area contributed by atoms with Gasteiger partial charge in [0.1, 0.15) is 4.88 Å². The number of thiazole rings is 1. The van der Waals surface area contributed by atoms with Crippen LogP contribution in [0.3, 0.4) is 0 Å². The highest BCUT2D eigenvalue weighted by atomic mass is 35.5. The Morgan fingerprint density at radius 2 is 2.19 bits per heavy atom. The second-order valence-electron chi connectivity index (χ2n) is 3.00. The van der Waals surface area contributed by atoms with Crippen LogP contribution in [-0.4, -0.2) is 10.9 Å². The highest BCUT2D eigenvalue weighted by Gasteiger charge is 2.10. The molecule has 0 radical (unpaired) electrons. The number of nitrogen functional groups attached to an aromatic ring is 1. The van der Waals surface area contributed by atoms with Crippen molar-refractivity contribution in [3.05, 3.63) is 40.4 Å². The average molecular weight is 254 g/mol. The van der Waals surface area contributed by atoms with Crippen molar-refractivity contribution < 1.29 is 4.79 Å². The van der Waals surface area contributed by atoms with E-state index < -0.39 is 0 Å². The van der Waals surface area contributed by atoms with Crippen molar-refractivity contribution in [1.82, 2.24) is 4.98 Å². The lowest BCUT2D eigenvalue weighted by Gasteiger charge is -2.04. The molecule has 0 bridgehead atoms. The second-order valence-corrected chi connectivity index (χ2v) is 4.47. The molecule has 2 aromatic rings. The zero-order chi connectivity index (χ0) is 11.5. The van der Waals surface area contributed by atoms with E-state index in [1.165, 1.54) is 6.20 Å². The third-order valence-electron chi connectivity index (χ3n) is 1.87. The first-order valence-electron chi connectivity index (χ1n) is 4.44. The van der Waals surface area contributed by atoms with Gasteiger partial charge in [-0.25, -0.2) is 4.98 Å². The molecule has 0 saturated carbocycles. The van der Waals surface area contributed by atoms with Gasteiger partial charge in [0, 0.05) is 0 Å². The molecule has 0 unspecified atom stereocenters. The van der Waals surface area contributed by atoms with E-state index in [0.717, 1.165) is 11.3 Å². The number of hydrogen-bond donors (Lipinski definition) is 2. The zero-order valence-corrected chi connectivity index (χ0v) is 9.68. The molecule has 1 amide bonds. The molecule has 16 heavy (non-hydrogen) atoms. The summed E-state index contributed by atoms with van der Waals surface area (Å²) in [7, 11) is 0. The molecule has 4 nitrogen and oxygen atoms in total. The Balaban J connectivity index is 2.17. The van der Waals surface area contributed by atoms with Crippen molar-refractivity contribution in [2.75, 3.05) is 11.1 Å². The van der Waals surface area contributed by atoms with Crippen molar-refractivity contribution in [3.8, 4) is 0 Å². The summed E-state index contributed by atoms with van der Waals surface area (Å²) in [6, 6.07) is 7.02. The summed E-state index contributed by atoms with van der Waals surface area (Å²) in [4.78, 5) is 16.0. The van der Waals surface area contributed by atoms with E-state index in [9.17, 15) is 4.79 Å². The van der Waals surface area contributed by atoms with Gasteiger partial charge in [-0.2, -0.15) is 0 Å². The number of nitrogens with two attached hydrogens (primary N) is 1. The smallest absolute Gasteiger partial charge is 0.267 e. The van der Waals surface area contributed by atoms with Crippen LogP contribution in [0.2, 0.25) is 5.02 Å². The molecule has 1 aromatic heterocycles. The molecule has 0 saturated heterocycles. The van der Waals surface area contributed by atoms with Crippen molar-refractivity contribution in [2.45, 2.75) is 0 Å². The van der Waals surface area contributed by atoms with E-state index in [1.807, 2.05) is 0 Å². The normalized spacial score (nSPS) is 10.1. The Labute approximate surface area is 101 Å². The van der Waals surface area contributed by atoms with Crippen LogP contribution in [0.15, 0.2) is 30.5 Å². The van der Waals surface area contributed by atoms with Gasteiger partial charge in [0.05, 0.1) is 16.9 Å². The number of nitrogens with one attached hydrogen (secondary N) is 1. The molecule has 0 spiro atoms. The summed E-state index contributed by atoms with van der Waals surface area (Å²) in [6.07, 6.45) is 1.44. The standard InChI is InChI=1S/C10H8ClN3OS/c11-6-3-1-2-4-7(6)14-9(15)8-5-13-10(12)16-8/h1-5H,(H2,12,13)(H,14,15). The van der Waals surface area contributed by atoms with Gasteiger partial charge in [0.2, 0.25) is 0 Å². The Morgan fingerprint density at radius 3 is 2.81 bits per heavy atom. The van der Waals surface area contributed by atoms with Crippen LogP contribution in [0.4, 0.5) is 10.8 Å². The van der Waals surface area contributed by atoms with Gasteiger partial charge >= 0.3 is 0 Å². The maximum absolute atomic E-state index is 11.7. The third-order valence-corrected chi connectivity index (χ3v) is 3.02. The SMILES string of the molecule is Nc1ncc(C(=O)Nc2ccccc2Cl)s1. The van der Waals surface area contributed by atoms with E-state index in [-0.39, 0.29) is 5.91 Å².